The number of fused-ring (bicyclic) bond motifs is 3. The number of furan rings is 1. The number of benzene rings is 8. The van der Waals surface area contributed by atoms with Gasteiger partial charge in [-0.05, 0) is 83.5 Å². The SMILES string of the molecule is c1ccc2c(-c3c4ccccc4c(-c4ccc5oc6cccc7ccc4c5c76)c4ccccc34)cccc2c1. The molecule has 9 rings (SSSR count). The summed E-state index contributed by atoms with van der Waals surface area (Å²) in [5, 5.41) is 12.5. The van der Waals surface area contributed by atoms with Crippen molar-refractivity contribution in [3.63, 3.8) is 0 Å². The molecule has 39 heavy (non-hydrogen) atoms. The number of rotatable bonds is 2. The molecule has 0 unspecified atom stereocenters. The summed E-state index contributed by atoms with van der Waals surface area (Å²) in [5.41, 5.74) is 6.98. The molecule has 0 aliphatic heterocycles. The Morgan fingerprint density at radius 2 is 0.846 bits per heavy atom. The highest BCUT2D eigenvalue weighted by atomic mass is 16.3. The molecule has 0 bridgehead atoms. The largest absolute Gasteiger partial charge is 0.456 e. The summed E-state index contributed by atoms with van der Waals surface area (Å²) < 4.78 is 6.30. The summed E-state index contributed by atoms with van der Waals surface area (Å²) in [4.78, 5) is 0. The first-order valence-corrected chi connectivity index (χ1v) is 13.4. The second kappa shape index (κ2) is 7.69. The second-order valence-corrected chi connectivity index (χ2v) is 10.4. The smallest absolute Gasteiger partial charge is 0.136 e. The van der Waals surface area contributed by atoms with Gasteiger partial charge in [-0.2, -0.15) is 0 Å². The molecule has 1 heterocycles. The lowest BCUT2D eigenvalue weighted by Crippen LogP contribution is -1.92. The van der Waals surface area contributed by atoms with E-state index in [-0.39, 0.29) is 0 Å². The standard InChI is InChI=1S/C38H22O/c1-2-12-25-23(9-1)10-7-17-26(25)36-27-13-3-5-15-29(27)37(30-16-6-4-14-28(30)36)31-21-22-34-38-32(31)20-19-24-11-8-18-33(39-34)35(24)38/h1-22H. The predicted octanol–water partition coefficient (Wildman–Crippen LogP) is 11.0. The lowest BCUT2D eigenvalue weighted by atomic mass is 9.83. The van der Waals surface area contributed by atoms with Gasteiger partial charge in [-0.15, -0.1) is 0 Å². The summed E-state index contributed by atoms with van der Waals surface area (Å²) >= 11 is 0. The molecule has 1 aromatic heterocycles. The average Bonchev–Trinajstić information content (AvgIpc) is 3.39. The van der Waals surface area contributed by atoms with Crippen molar-refractivity contribution in [1.82, 2.24) is 0 Å². The maximum atomic E-state index is 6.30. The van der Waals surface area contributed by atoms with Crippen LogP contribution in [0.1, 0.15) is 0 Å². The lowest BCUT2D eigenvalue weighted by molar-refractivity contribution is 0.669. The van der Waals surface area contributed by atoms with Gasteiger partial charge in [0.2, 0.25) is 0 Å². The van der Waals surface area contributed by atoms with Crippen LogP contribution in [0, 0.1) is 0 Å². The van der Waals surface area contributed by atoms with E-state index < -0.39 is 0 Å². The van der Waals surface area contributed by atoms with Crippen LogP contribution in [0.3, 0.4) is 0 Å². The maximum absolute atomic E-state index is 6.30. The van der Waals surface area contributed by atoms with E-state index in [1.54, 1.807) is 0 Å². The maximum Gasteiger partial charge on any atom is 0.136 e. The molecule has 0 radical (unpaired) electrons. The first-order chi connectivity index (χ1) is 19.4. The van der Waals surface area contributed by atoms with Gasteiger partial charge in [-0.3, -0.25) is 0 Å². The van der Waals surface area contributed by atoms with Crippen LogP contribution in [0.2, 0.25) is 0 Å². The minimum absolute atomic E-state index is 0.946. The fourth-order valence-corrected chi connectivity index (χ4v) is 6.82. The Morgan fingerprint density at radius 3 is 1.56 bits per heavy atom. The Kier molecular flexibility index (Phi) is 4.11. The zero-order valence-electron chi connectivity index (χ0n) is 21.1. The first-order valence-electron chi connectivity index (χ1n) is 13.4. The molecule has 0 amide bonds. The molecule has 0 saturated carbocycles. The molecule has 0 N–H and O–H groups in total. The fourth-order valence-electron chi connectivity index (χ4n) is 6.82. The normalized spacial score (nSPS) is 12.1. The topological polar surface area (TPSA) is 13.1 Å². The summed E-state index contributed by atoms with van der Waals surface area (Å²) in [5.74, 6) is 0. The molecule has 9 aromatic rings. The summed E-state index contributed by atoms with van der Waals surface area (Å²) in [6, 6.07) is 48.4. The van der Waals surface area contributed by atoms with E-state index >= 15 is 0 Å². The van der Waals surface area contributed by atoms with E-state index in [2.05, 4.69) is 133 Å². The molecule has 180 valence electrons. The molecule has 0 aliphatic carbocycles. The van der Waals surface area contributed by atoms with Gasteiger partial charge in [0.15, 0.2) is 0 Å². The van der Waals surface area contributed by atoms with Crippen molar-refractivity contribution in [3.05, 3.63) is 133 Å². The van der Waals surface area contributed by atoms with Gasteiger partial charge in [0.05, 0.1) is 0 Å². The van der Waals surface area contributed by atoms with Crippen LogP contribution >= 0.6 is 0 Å². The molecule has 1 nitrogen and oxygen atoms in total. The Morgan fingerprint density at radius 1 is 0.308 bits per heavy atom. The van der Waals surface area contributed by atoms with Gasteiger partial charge in [0.25, 0.3) is 0 Å². The zero-order valence-corrected chi connectivity index (χ0v) is 21.1. The molecule has 0 spiro atoms. The highest BCUT2D eigenvalue weighted by molar-refractivity contribution is 6.29. The Hall–Kier alpha value is -5.14. The van der Waals surface area contributed by atoms with Crippen LogP contribution in [0.5, 0.6) is 0 Å². The minimum Gasteiger partial charge on any atom is -0.456 e. The van der Waals surface area contributed by atoms with Gasteiger partial charge < -0.3 is 4.42 Å². The molecule has 0 atom stereocenters. The number of hydrogen-bond donors (Lipinski definition) is 0. The van der Waals surface area contributed by atoms with Crippen LogP contribution in [0.4, 0.5) is 0 Å². The van der Waals surface area contributed by atoms with Crippen molar-refractivity contribution in [2.45, 2.75) is 0 Å². The summed E-state index contributed by atoms with van der Waals surface area (Å²) in [7, 11) is 0. The van der Waals surface area contributed by atoms with E-state index in [0.29, 0.717) is 0 Å². The van der Waals surface area contributed by atoms with Crippen LogP contribution in [-0.2, 0) is 0 Å². The van der Waals surface area contributed by atoms with Crippen molar-refractivity contribution in [2.75, 3.05) is 0 Å². The quantitative estimate of drug-likeness (QED) is 0.172. The second-order valence-electron chi connectivity index (χ2n) is 10.4. The molecule has 0 saturated heterocycles. The molecule has 0 aliphatic rings. The van der Waals surface area contributed by atoms with Crippen LogP contribution in [0.15, 0.2) is 138 Å². The van der Waals surface area contributed by atoms with Crippen molar-refractivity contribution >= 4 is 65.0 Å². The summed E-state index contributed by atoms with van der Waals surface area (Å²) in [6.07, 6.45) is 0. The molecule has 8 aromatic carbocycles. The number of hydrogen-bond acceptors (Lipinski definition) is 1. The third kappa shape index (κ3) is 2.79. The highest BCUT2D eigenvalue weighted by Gasteiger charge is 2.21. The molecular formula is C38H22O. The third-order valence-electron chi connectivity index (χ3n) is 8.43. The Labute approximate surface area is 224 Å². The van der Waals surface area contributed by atoms with Crippen molar-refractivity contribution in [2.24, 2.45) is 0 Å². The zero-order chi connectivity index (χ0) is 25.5. The van der Waals surface area contributed by atoms with Gasteiger partial charge in [0, 0.05) is 10.8 Å². The Balaban J connectivity index is 1.47. The Bertz CT molecular complexity index is 2330. The van der Waals surface area contributed by atoms with Crippen molar-refractivity contribution in [1.29, 1.82) is 0 Å². The third-order valence-corrected chi connectivity index (χ3v) is 8.43. The average molecular weight is 495 g/mol. The van der Waals surface area contributed by atoms with E-state index in [9.17, 15) is 0 Å². The van der Waals surface area contributed by atoms with E-state index in [1.807, 2.05) is 0 Å². The lowest BCUT2D eigenvalue weighted by Gasteiger charge is -2.19. The van der Waals surface area contributed by atoms with Gasteiger partial charge in [-0.1, -0.05) is 115 Å². The monoisotopic (exact) mass is 494 g/mol. The molecule has 1 heteroatoms. The van der Waals surface area contributed by atoms with Crippen molar-refractivity contribution in [3.8, 4) is 22.3 Å². The van der Waals surface area contributed by atoms with Crippen molar-refractivity contribution < 1.29 is 4.42 Å². The molecular weight excluding hydrogens is 472 g/mol. The molecule has 0 fully saturated rings. The van der Waals surface area contributed by atoms with E-state index in [4.69, 9.17) is 4.42 Å². The highest BCUT2D eigenvalue weighted by Crippen LogP contribution is 2.48. The fraction of sp³-hybridized carbons (Fsp3) is 0. The van der Waals surface area contributed by atoms with E-state index in [0.717, 1.165) is 11.2 Å². The van der Waals surface area contributed by atoms with Crippen LogP contribution < -0.4 is 0 Å². The van der Waals surface area contributed by atoms with Crippen LogP contribution in [0.25, 0.3) is 87.3 Å². The van der Waals surface area contributed by atoms with Crippen LogP contribution in [-0.4, -0.2) is 0 Å². The predicted molar refractivity (Wildman–Crippen MR) is 166 cm³/mol. The van der Waals surface area contributed by atoms with E-state index in [1.165, 1.54) is 76.1 Å². The van der Waals surface area contributed by atoms with Gasteiger partial charge in [0.1, 0.15) is 11.2 Å². The minimum atomic E-state index is 0.946. The van der Waals surface area contributed by atoms with Gasteiger partial charge >= 0.3 is 0 Å². The first kappa shape index (κ1) is 20.9. The van der Waals surface area contributed by atoms with Gasteiger partial charge in [-0.25, -0.2) is 0 Å². The summed E-state index contributed by atoms with van der Waals surface area (Å²) in [6.45, 7) is 0.